The average molecular weight is 266 g/mol. The molecule has 2 amide bonds. The van der Waals surface area contributed by atoms with Crippen LogP contribution in [-0.4, -0.2) is 38.0 Å². The van der Waals surface area contributed by atoms with Gasteiger partial charge in [0.25, 0.3) is 10.5 Å². The van der Waals surface area contributed by atoms with E-state index in [4.69, 9.17) is 15.0 Å². The number of nitrogens with zero attached hydrogens (tertiary/aromatic N) is 1. The van der Waals surface area contributed by atoms with Crippen molar-refractivity contribution in [2.45, 2.75) is 26.3 Å². The Morgan fingerprint density at radius 1 is 1.27 bits per heavy atom. The van der Waals surface area contributed by atoms with Crippen LogP contribution in [0.2, 0.25) is 0 Å². The number of aliphatic hydroxyl groups is 2. The molecule has 9 heteroatoms. The molecule has 0 fully saturated rings. The van der Waals surface area contributed by atoms with Gasteiger partial charge in [0.1, 0.15) is 12.5 Å². The molecular weight excluding hydrogens is 251 g/mol. The molecule has 15 heavy (non-hydrogen) atoms. The van der Waals surface area contributed by atoms with Crippen LogP contribution in [0.3, 0.4) is 0 Å². The number of rotatable bonds is 2. The summed E-state index contributed by atoms with van der Waals surface area (Å²) in [4.78, 5) is 20.4. The number of primary amides is 1. The smallest absolute Gasteiger partial charge is 1.00 e. The van der Waals surface area contributed by atoms with E-state index in [1.54, 1.807) is 0 Å². The molecule has 0 aliphatic rings. The Balaban J connectivity index is -0.000000105. The van der Waals surface area contributed by atoms with Gasteiger partial charge in [-0.3, -0.25) is 14.5 Å². The van der Waals surface area contributed by atoms with Gasteiger partial charge in [0.05, 0.1) is 0 Å². The van der Waals surface area contributed by atoms with Gasteiger partial charge in [-0.05, 0) is 13.8 Å². The number of hydrogen-bond donors (Lipinski definition) is 5. The van der Waals surface area contributed by atoms with E-state index in [-0.39, 0.29) is 31.0 Å². The minimum atomic E-state index is -1.01. The van der Waals surface area contributed by atoms with Crippen molar-refractivity contribution < 1.29 is 50.8 Å². The Morgan fingerprint density at radius 2 is 1.47 bits per heavy atom. The molecule has 0 spiro atoms. The Bertz CT molecular complexity index is 197. The zero-order valence-electron chi connectivity index (χ0n) is 9.78. The second kappa shape index (κ2) is 11.1. The summed E-state index contributed by atoms with van der Waals surface area (Å²) in [7, 11) is 0. The van der Waals surface area contributed by atoms with Crippen molar-refractivity contribution in [3.63, 3.8) is 0 Å². The van der Waals surface area contributed by atoms with Gasteiger partial charge in [0, 0.05) is 0 Å². The van der Waals surface area contributed by atoms with Gasteiger partial charge in [0.2, 0.25) is 0 Å². The normalized spacial score (nSPS) is 12.4. The monoisotopic (exact) mass is 266 g/mol. The molecule has 86 valence electrons. The molecule has 0 rings (SSSR count). The fourth-order valence-corrected chi connectivity index (χ4v) is 0.966. The summed E-state index contributed by atoms with van der Waals surface area (Å²) in [5.74, 6) is 0. The molecule has 2 unspecified atom stereocenters. The zero-order valence-corrected chi connectivity index (χ0v) is 12.6. The molecular formula is C6H15N2NaO4S2. The molecule has 0 aliphatic heterocycles. The molecule has 4 N–H and O–H groups in total. The quantitative estimate of drug-likeness (QED) is 0.210. The van der Waals surface area contributed by atoms with Crippen LogP contribution in [0, 0.1) is 0 Å². The fourth-order valence-electron chi connectivity index (χ4n) is 0.632. The van der Waals surface area contributed by atoms with Crippen LogP contribution in [-0.2, 0) is 0 Å². The van der Waals surface area contributed by atoms with Crippen molar-refractivity contribution in [1.82, 2.24) is 4.90 Å². The number of amides is 2. The van der Waals surface area contributed by atoms with E-state index in [0.717, 1.165) is 4.90 Å². The molecule has 2 atom stereocenters. The van der Waals surface area contributed by atoms with Gasteiger partial charge in [0.15, 0.2) is 0 Å². The standard InChI is InChI=1S/C5H11NO3S.CH3NOS.Na.H/c1-3(7)6(4(2)8)5(9)10;2-1(3)4;;/h3-4,7-8H,1-2H3,(H,9,10);(H3,2,3,4);;/q;;+1;-1. The van der Waals surface area contributed by atoms with E-state index < -0.39 is 22.9 Å². The van der Waals surface area contributed by atoms with Crippen LogP contribution in [0.5, 0.6) is 0 Å². The fraction of sp³-hybridized carbons (Fsp3) is 0.667. The van der Waals surface area contributed by atoms with Gasteiger partial charge < -0.3 is 17.4 Å². The van der Waals surface area contributed by atoms with Gasteiger partial charge >= 0.3 is 29.6 Å². The minimum Gasteiger partial charge on any atom is -1.00 e. The van der Waals surface area contributed by atoms with Crippen molar-refractivity contribution in [3.05, 3.63) is 0 Å². The molecule has 6 nitrogen and oxygen atoms in total. The predicted molar refractivity (Wildman–Crippen MR) is 59.3 cm³/mol. The van der Waals surface area contributed by atoms with E-state index in [0.29, 0.717) is 0 Å². The van der Waals surface area contributed by atoms with E-state index >= 15 is 0 Å². The van der Waals surface area contributed by atoms with Crippen LogP contribution in [0.4, 0.5) is 9.59 Å². The Labute approximate surface area is 123 Å². The number of hydrogen-bond acceptors (Lipinski definition) is 4. The second-order valence-electron chi connectivity index (χ2n) is 2.29. The Hall–Kier alpha value is 0.560. The molecule has 0 aromatic heterocycles. The maximum atomic E-state index is 10.5. The maximum Gasteiger partial charge on any atom is 1.00 e. The van der Waals surface area contributed by atoms with Crippen molar-refractivity contribution in [2.24, 2.45) is 5.73 Å². The van der Waals surface area contributed by atoms with Gasteiger partial charge in [-0.2, -0.15) is 0 Å². The second-order valence-corrected chi connectivity index (χ2v) is 3.12. The third-order valence-corrected chi connectivity index (χ3v) is 1.26. The molecule has 0 aromatic carbocycles. The van der Waals surface area contributed by atoms with E-state index in [1.165, 1.54) is 13.8 Å². The van der Waals surface area contributed by atoms with E-state index in [9.17, 15) is 4.79 Å². The number of carbonyl (C=O) groups excluding carboxylic acids is 2. The van der Waals surface area contributed by atoms with Crippen molar-refractivity contribution in [3.8, 4) is 0 Å². The molecule has 0 heterocycles. The van der Waals surface area contributed by atoms with Crippen molar-refractivity contribution >= 4 is 35.7 Å². The molecule has 0 saturated carbocycles. The summed E-state index contributed by atoms with van der Waals surface area (Å²) < 4.78 is 0. The van der Waals surface area contributed by atoms with E-state index in [1.807, 2.05) is 0 Å². The first kappa shape index (κ1) is 20.9. The number of nitrogens with two attached hydrogens (primary N) is 1. The number of thiol groups is 2. The number of carbonyl (C=O) groups is 2. The Morgan fingerprint density at radius 3 is 1.47 bits per heavy atom. The third kappa shape index (κ3) is 14.6. The van der Waals surface area contributed by atoms with Gasteiger partial charge in [-0.15, -0.1) is 0 Å². The largest absolute Gasteiger partial charge is 1.00 e. The molecule has 0 radical (unpaired) electrons. The first-order valence-corrected chi connectivity index (χ1v) is 4.45. The van der Waals surface area contributed by atoms with Crippen LogP contribution in [0.1, 0.15) is 15.3 Å². The SMILES string of the molecule is CC(O)N(C(=O)S)C(C)O.NC(=O)S.[H-].[Na+]. The molecule has 0 aromatic rings. The van der Waals surface area contributed by atoms with Crippen LogP contribution in [0.15, 0.2) is 0 Å². The molecule has 0 bridgehead atoms. The first-order chi connectivity index (χ1) is 6.20. The average Bonchev–Trinajstić information content (AvgIpc) is 1.80. The summed E-state index contributed by atoms with van der Waals surface area (Å²) in [5.41, 5.74) is 4.34. The van der Waals surface area contributed by atoms with Crippen LogP contribution >= 0.6 is 25.3 Å². The van der Waals surface area contributed by atoms with Gasteiger partial charge in [-0.25, -0.2) is 0 Å². The summed E-state index contributed by atoms with van der Waals surface area (Å²) in [6.07, 6.45) is -2.02. The topological polar surface area (TPSA) is 104 Å². The summed E-state index contributed by atoms with van der Waals surface area (Å²) in [6, 6.07) is 0. The Kier molecular flexibility index (Phi) is 15.4. The van der Waals surface area contributed by atoms with E-state index in [2.05, 4.69) is 31.0 Å². The molecule has 0 saturated heterocycles. The van der Waals surface area contributed by atoms with Crippen molar-refractivity contribution in [2.75, 3.05) is 0 Å². The van der Waals surface area contributed by atoms with Crippen LogP contribution in [0.25, 0.3) is 0 Å². The van der Waals surface area contributed by atoms with Crippen LogP contribution < -0.4 is 35.3 Å². The minimum absolute atomic E-state index is 0. The summed E-state index contributed by atoms with van der Waals surface area (Å²) in [6.45, 7) is 2.75. The zero-order chi connectivity index (χ0) is 11.9. The summed E-state index contributed by atoms with van der Waals surface area (Å²) in [5, 5.41) is 16.4. The van der Waals surface area contributed by atoms with Gasteiger partial charge in [-0.1, -0.05) is 25.3 Å². The maximum absolute atomic E-state index is 10.5. The third-order valence-electron chi connectivity index (χ3n) is 1.03. The summed E-state index contributed by atoms with van der Waals surface area (Å²) >= 11 is 6.54. The first-order valence-electron chi connectivity index (χ1n) is 3.56. The molecule has 0 aliphatic carbocycles. The number of aliphatic hydroxyl groups excluding tert-OH is 2. The van der Waals surface area contributed by atoms with Crippen molar-refractivity contribution in [1.29, 1.82) is 0 Å². The predicted octanol–water partition coefficient (Wildman–Crippen LogP) is -2.87.